The highest BCUT2D eigenvalue weighted by atomic mass is 19.4. The van der Waals surface area contributed by atoms with E-state index in [1.165, 1.54) is 0 Å². The Labute approximate surface area is 178 Å². The lowest BCUT2D eigenvalue weighted by Gasteiger charge is -2.42. The minimum atomic E-state index is -8.63. The predicted molar refractivity (Wildman–Crippen MR) is 76.1 cm³/mol. The van der Waals surface area contributed by atoms with Gasteiger partial charge < -0.3 is 15.2 Å². The Kier molecular flexibility index (Phi) is 9.59. The molecular formula is C14H14F17NO2. The molecule has 0 aromatic heterocycles. The van der Waals surface area contributed by atoms with Crippen molar-refractivity contribution >= 4 is 0 Å². The smallest absolute Gasteiger partial charge is 0.395 e. The van der Waals surface area contributed by atoms with Crippen LogP contribution < -0.4 is 5.32 Å². The lowest BCUT2D eigenvalue weighted by atomic mass is 9.88. The summed E-state index contributed by atoms with van der Waals surface area (Å²) in [6, 6.07) is 0. The van der Waals surface area contributed by atoms with Crippen molar-refractivity contribution in [2.75, 3.05) is 32.9 Å². The molecule has 0 unspecified atom stereocenters. The molecule has 0 aromatic carbocycles. The van der Waals surface area contributed by atoms with E-state index in [0.29, 0.717) is 0 Å². The Morgan fingerprint density at radius 1 is 0.500 bits per heavy atom. The second-order valence-electron chi connectivity index (χ2n) is 6.48. The third-order valence-electron chi connectivity index (χ3n) is 4.06. The van der Waals surface area contributed by atoms with Gasteiger partial charge in [0.25, 0.3) is 0 Å². The first-order valence-corrected chi connectivity index (χ1v) is 8.42. The third-order valence-corrected chi connectivity index (χ3v) is 4.06. The second-order valence-corrected chi connectivity index (χ2v) is 6.48. The minimum Gasteiger partial charge on any atom is -0.395 e. The van der Waals surface area contributed by atoms with Gasteiger partial charge in [-0.1, -0.05) is 0 Å². The summed E-state index contributed by atoms with van der Waals surface area (Å²) in [5.74, 6) is -56.3. The average Bonchev–Trinajstić information content (AvgIpc) is 2.65. The van der Waals surface area contributed by atoms with Crippen LogP contribution in [0.2, 0.25) is 0 Å². The lowest BCUT2D eigenvalue weighted by molar-refractivity contribution is -0.462. The first-order valence-electron chi connectivity index (χ1n) is 8.42. The van der Waals surface area contributed by atoms with E-state index in [-0.39, 0.29) is 13.1 Å². The van der Waals surface area contributed by atoms with Crippen molar-refractivity contribution in [3.63, 3.8) is 0 Å². The average molecular weight is 551 g/mol. The van der Waals surface area contributed by atoms with Gasteiger partial charge in [-0.25, -0.2) is 0 Å². The SMILES string of the molecule is OCCNCCOCCC(F)(F)C(F)(F)C(F)(F)C(F)(F)C(F)(F)C(F)(F)C(F)(F)C(F)(F)F. The van der Waals surface area contributed by atoms with Crippen molar-refractivity contribution in [3.05, 3.63) is 0 Å². The predicted octanol–water partition coefficient (Wildman–Crippen LogP) is 4.98. The number of alkyl halides is 17. The van der Waals surface area contributed by atoms with Crippen molar-refractivity contribution < 1.29 is 84.5 Å². The number of ether oxygens (including phenoxy) is 1. The number of aliphatic hydroxyl groups excluding tert-OH is 1. The van der Waals surface area contributed by atoms with Gasteiger partial charge >= 0.3 is 47.6 Å². The van der Waals surface area contributed by atoms with Crippen LogP contribution in [0.4, 0.5) is 74.6 Å². The van der Waals surface area contributed by atoms with Crippen molar-refractivity contribution in [2.45, 2.75) is 54.1 Å². The van der Waals surface area contributed by atoms with Gasteiger partial charge in [0.05, 0.1) is 19.8 Å². The Hall–Kier alpha value is -1.31. The van der Waals surface area contributed by atoms with E-state index in [1.807, 2.05) is 0 Å². The van der Waals surface area contributed by atoms with Crippen LogP contribution in [0.3, 0.4) is 0 Å². The summed E-state index contributed by atoms with van der Waals surface area (Å²) < 4.78 is 226. The monoisotopic (exact) mass is 551 g/mol. The zero-order chi connectivity index (χ0) is 27.7. The largest absolute Gasteiger partial charge is 0.460 e. The minimum absolute atomic E-state index is 0.0782. The van der Waals surface area contributed by atoms with Crippen LogP contribution >= 0.6 is 0 Å². The van der Waals surface area contributed by atoms with Crippen LogP contribution in [0.1, 0.15) is 6.42 Å². The third kappa shape index (κ3) is 5.26. The zero-order valence-corrected chi connectivity index (χ0v) is 16.0. The topological polar surface area (TPSA) is 41.5 Å². The molecule has 0 aliphatic heterocycles. The van der Waals surface area contributed by atoms with Gasteiger partial charge in [-0.2, -0.15) is 74.6 Å². The fraction of sp³-hybridized carbons (Fsp3) is 1.00. The zero-order valence-electron chi connectivity index (χ0n) is 16.0. The molecule has 0 amide bonds. The number of nitrogens with one attached hydrogen (secondary N) is 1. The number of rotatable bonds is 14. The Bertz CT molecular complexity index is 661. The Morgan fingerprint density at radius 3 is 1.26 bits per heavy atom. The van der Waals surface area contributed by atoms with Gasteiger partial charge in [-0.3, -0.25) is 0 Å². The molecule has 0 aliphatic rings. The molecule has 0 saturated carbocycles. The van der Waals surface area contributed by atoms with E-state index < -0.39 is 73.9 Å². The fourth-order valence-corrected chi connectivity index (χ4v) is 2.00. The molecule has 0 aromatic rings. The maximum absolute atomic E-state index is 13.5. The number of aliphatic hydroxyl groups is 1. The van der Waals surface area contributed by atoms with Gasteiger partial charge in [0.2, 0.25) is 0 Å². The number of hydrogen-bond donors (Lipinski definition) is 2. The molecule has 0 radical (unpaired) electrons. The standard InChI is InChI=1S/C14H14F17NO2/c15-7(16,1-5-34-6-3-32-2-4-33)8(17,18)9(19,20)10(21,22)11(23,24)12(25,26)13(27,28)14(29,30)31/h32-33H,1-6H2. The first kappa shape index (κ1) is 32.7. The van der Waals surface area contributed by atoms with Gasteiger partial charge in [0.1, 0.15) is 0 Å². The molecule has 20 heteroatoms. The summed E-state index contributed by atoms with van der Waals surface area (Å²) in [6.07, 6.45) is -10.4. The quantitative estimate of drug-likeness (QED) is 0.237. The number of halogens is 17. The summed E-state index contributed by atoms with van der Waals surface area (Å²) in [5, 5.41) is 10.7. The molecule has 0 saturated heterocycles. The van der Waals surface area contributed by atoms with Crippen LogP contribution in [0, 0.1) is 0 Å². The Balaban J connectivity index is 5.98. The summed E-state index contributed by atoms with van der Waals surface area (Å²) >= 11 is 0. The van der Waals surface area contributed by atoms with Crippen LogP contribution in [0.25, 0.3) is 0 Å². The summed E-state index contributed by atoms with van der Waals surface area (Å²) in [7, 11) is 0. The normalized spacial score (nSPS) is 15.7. The van der Waals surface area contributed by atoms with E-state index >= 15 is 0 Å². The summed E-state index contributed by atoms with van der Waals surface area (Å²) in [4.78, 5) is 0. The molecule has 0 rings (SSSR count). The van der Waals surface area contributed by atoms with Gasteiger partial charge in [-0.05, 0) is 0 Å². The molecule has 0 heterocycles. The van der Waals surface area contributed by atoms with Gasteiger partial charge in [0.15, 0.2) is 0 Å². The van der Waals surface area contributed by atoms with E-state index in [0.717, 1.165) is 0 Å². The van der Waals surface area contributed by atoms with Gasteiger partial charge in [-0.15, -0.1) is 0 Å². The lowest BCUT2D eigenvalue weighted by Crippen LogP contribution is -2.74. The van der Waals surface area contributed by atoms with Crippen LogP contribution in [-0.4, -0.2) is 85.7 Å². The molecule has 0 aliphatic carbocycles. The number of hydrogen-bond acceptors (Lipinski definition) is 3. The van der Waals surface area contributed by atoms with Crippen LogP contribution in [0.15, 0.2) is 0 Å². The van der Waals surface area contributed by atoms with E-state index in [2.05, 4.69) is 10.1 Å². The maximum atomic E-state index is 13.5. The van der Waals surface area contributed by atoms with Crippen molar-refractivity contribution in [2.24, 2.45) is 0 Å². The molecule has 206 valence electrons. The molecular weight excluding hydrogens is 537 g/mol. The van der Waals surface area contributed by atoms with E-state index in [4.69, 9.17) is 5.11 Å². The molecule has 0 atom stereocenters. The molecule has 0 bridgehead atoms. The van der Waals surface area contributed by atoms with E-state index in [1.54, 1.807) is 0 Å². The van der Waals surface area contributed by atoms with Crippen LogP contribution in [0.5, 0.6) is 0 Å². The Morgan fingerprint density at radius 2 is 0.882 bits per heavy atom. The maximum Gasteiger partial charge on any atom is 0.460 e. The molecule has 3 nitrogen and oxygen atoms in total. The first-order chi connectivity index (χ1) is 14.8. The highest BCUT2D eigenvalue weighted by molar-refractivity contribution is 5.15. The molecule has 34 heavy (non-hydrogen) atoms. The molecule has 2 N–H and O–H groups in total. The highest BCUT2D eigenvalue weighted by Crippen LogP contribution is 2.64. The fourth-order valence-electron chi connectivity index (χ4n) is 2.00. The summed E-state index contributed by atoms with van der Waals surface area (Å²) in [5.41, 5.74) is 0. The van der Waals surface area contributed by atoms with E-state index in [9.17, 15) is 74.6 Å². The molecule has 0 fully saturated rings. The summed E-state index contributed by atoms with van der Waals surface area (Å²) in [6.45, 7) is -3.04. The second kappa shape index (κ2) is 9.98. The van der Waals surface area contributed by atoms with Crippen molar-refractivity contribution in [1.29, 1.82) is 0 Å². The van der Waals surface area contributed by atoms with Gasteiger partial charge in [0, 0.05) is 19.5 Å². The van der Waals surface area contributed by atoms with Crippen molar-refractivity contribution in [3.8, 4) is 0 Å². The van der Waals surface area contributed by atoms with Crippen molar-refractivity contribution in [1.82, 2.24) is 5.32 Å². The molecule has 0 spiro atoms. The highest BCUT2D eigenvalue weighted by Gasteiger charge is 2.95. The van der Waals surface area contributed by atoms with Crippen LogP contribution in [-0.2, 0) is 4.74 Å².